The molecule has 1 aliphatic heterocycles. The number of likely N-dealkylation sites (tertiary alicyclic amines) is 1. The first-order valence-corrected chi connectivity index (χ1v) is 11.5. The molecule has 0 aliphatic carbocycles. The molecule has 4 aromatic heterocycles. The van der Waals surface area contributed by atoms with Crippen LogP contribution >= 0.6 is 11.3 Å². The number of piperidine rings is 1. The fourth-order valence-electron chi connectivity index (χ4n) is 4.54. The van der Waals surface area contributed by atoms with Gasteiger partial charge in [0.05, 0.1) is 17.4 Å². The predicted octanol–water partition coefficient (Wildman–Crippen LogP) is 4.05. The van der Waals surface area contributed by atoms with Crippen LogP contribution < -0.4 is 4.74 Å². The number of carbonyl (C=O) groups is 1. The van der Waals surface area contributed by atoms with Gasteiger partial charge >= 0.3 is 0 Å². The molecule has 1 N–H and O–H groups in total. The molecule has 4 aromatic rings. The smallest absolute Gasteiger partial charge is 0.264 e. The van der Waals surface area contributed by atoms with Crippen LogP contribution in [0.15, 0.2) is 24.5 Å². The zero-order valence-electron chi connectivity index (χ0n) is 18.3. The lowest BCUT2D eigenvalue weighted by molar-refractivity contribution is 0.0717. The van der Waals surface area contributed by atoms with E-state index in [-0.39, 0.29) is 5.91 Å². The molecule has 0 atom stereocenters. The van der Waals surface area contributed by atoms with Gasteiger partial charge in [-0.25, -0.2) is 9.97 Å². The zero-order valence-corrected chi connectivity index (χ0v) is 19.2. The zero-order chi connectivity index (χ0) is 22.2. The van der Waals surface area contributed by atoms with Crippen LogP contribution in [-0.4, -0.2) is 58.1 Å². The number of methoxy groups -OCH3 is 2. The van der Waals surface area contributed by atoms with Crippen molar-refractivity contribution in [2.45, 2.75) is 32.3 Å². The number of aromatic nitrogens is 4. The van der Waals surface area contributed by atoms with E-state index >= 15 is 0 Å². The molecular formula is C23H25N5O3S. The minimum atomic E-state index is 0.0555. The summed E-state index contributed by atoms with van der Waals surface area (Å²) >= 11 is 1.40. The van der Waals surface area contributed by atoms with Crippen molar-refractivity contribution in [3.8, 4) is 5.88 Å². The maximum absolute atomic E-state index is 13.4. The Hall–Kier alpha value is -3.04. The van der Waals surface area contributed by atoms with E-state index in [4.69, 9.17) is 9.47 Å². The maximum Gasteiger partial charge on any atom is 0.264 e. The summed E-state index contributed by atoms with van der Waals surface area (Å²) in [6.45, 7) is 3.69. The number of fused-ring (bicyclic) bond motifs is 2. The van der Waals surface area contributed by atoms with Crippen LogP contribution in [0.5, 0.6) is 5.88 Å². The predicted molar refractivity (Wildman–Crippen MR) is 123 cm³/mol. The molecule has 5 rings (SSSR count). The Kier molecular flexibility index (Phi) is 5.52. The maximum atomic E-state index is 13.4. The summed E-state index contributed by atoms with van der Waals surface area (Å²) in [6.07, 6.45) is 5.73. The van der Waals surface area contributed by atoms with Gasteiger partial charge in [0.1, 0.15) is 17.1 Å². The molecule has 1 saturated heterocycles. The van der Waals surface area contributed by atoms with Crippen molar-refractivity contribution in [2.75, 3.05) is 27.3 Å². The molecule has 1 amide bonds. The molecule has 0 aromatic carbocycles. The Morgan fingerprint density at radius 2 is 2.09 bits per heavy atom. The molecule has 32 heavy (non-hydrogen) atoms. The number of nitrogens with one attached hydrogen (secondary N) is 1. The number of rotatable bonds is 5. The summed E-state index contributed by atoms with van der Waals surface area (Å²) < 4.78 is 10.7. The topological polar surface area (TPSA) is 93.2 Å². The van der Waals surface area contributed by atoms with Crippen LogP contribution in [0, 0.1) is 6.92 Å². The van der Waals surface area contributed by atoms with Crippen molar-refractivity contribution in [1.29, 1.82) is 0 Å². The third kappa shape index (κ3) is 3.51. The Morgan fingerprint density at radius 3 is 2.84 bits per heavy atom. The molecule has 0 unspecified atom stereocenters. The number of ether oxygens (including phenoxy) is 2. The molecule has 9 heteroatoms. The van der Waals surface area contributed by atoms with Gasteiger partial charge in [-0.15, -0.1) is 11.3 Å². The first-order valence-electron chi connectivity index (χ1n) is 10.6. The Morgan fingerprint density at radius 1 is 1.28 bits per heavy atom. The van der Waals surface area contributed by atoms with Crippen molar-refractivity contribution in [2.24, 2.45) is 0 Å². The van der Waals surface area contributed by atoms with Crippen molar-refractivity contribution < 1.29 is 14.3 Å². The van der Waals surface area contributed by atoms with E-state index in [0.717, 1.165) is 47.4 Å². The molecule has 0 radical (unpaired) electrons. The fourth-order valence-corrected chi connectivity index (χ4v) is 5.70. The molecular weight excluding hydrogens is 426 g/mol. The number of hydrogen-bond acceptors (Lipinski definition) is 7. The van der Waals surface area contributed by atoms with Gasteiger partial charge in [-0.3, -0.25) is 4.79 Å². The van der Waals surface area contributed by atoms with E-state index in [1.165, 1.54) is 22.3 Å². The highest BCUT2D eigenvalue weighted by atomic mass is 32.1. The van der Waals surface area contributed by atoms with Crippen LogP contribution in [0.2, 0.25) is 0 Å². The second kappa shape index (κ2) is 8.48. The highest BCUT2D eigenvalue weighted by Gasteiger charge is 2.29. The molecule has 0 bridgehead atoms. The molecule has 1 aliphatic rings. The Bertz CT molecular complexity index is 1290. The fraction of sp³-hybridized carbons (Fsp3) is 0.391. The van der Waals surface area contributed by atoms with Gasteiger partial charge in [-0.05, 0) is 48.9 Å². The van der Waals surface area contributed by atoms with Gasteiger partial charge in [-0.2, -0.15) is 4.98 Å². The number of carbonyl (C=O) groups excluding carboxylic acids is 1. The van der Waals surface area contributed by atoms with Crippen molar-refractivity contribution in [3.05, 3.63) is 46.4 Å². The summed E-state index contributed by atoms with van der Waals surface area (Å²) in [5.41, 5.74) is 3.09. The van der Waals surface area contributed by atoms with E-state index in [2.05, 4.69) is 32.2 Å². The Balaban J connectivity index is 1.37. The largest absolute Gasteiger partial charge is 0.480 e. The van der Waals surface area contributed by atoms with Crippen molar-refractivity contribution >= 4 is 38.5 Å². The van der Waals surface area contributed by atoms with Gasteiger partial charge in [0.25, 0.3) is 5.91 Å². The number of pyridine rings is 1. The van der Waals surface area contributed by atoms with Gasteiger partial charge in [0.15, 0.2) is 5.82 Å². The summed E-state index contributed by atoms with van der Waals surface area (Å²) in [5.74, 6) is 1.51. The summed E-state index contributed by atoms with van der Waals surface area (Å²) in [7, 11) is 3.19. The number of thiophene rings is 1. The van der Waals surface area contributed by atoms with E-state index in [1.54, 1.807) is 20.4 Å². The van der Waals surface area contributed by atoms with Gasteiger partial charge in [0, 0.05) is 38.0 Å². The number of H-pyrrole nitrogens is 1. The van der Waals surface area contributed by atoms with Crippen molar-refractivity contribution in [3.63, 3.8) is 0 Å². The SMILES string of the molecule is COCc1nc(OC)c2c(C)c(C(=O)N3CCC(c4c[nH]c5ncccc45)CC3)sc2n1. The minimum Gasteiger partial charge on any atom is -0.480 e. The van der Waals surface area contributed by atoms with E-state index in [9.17, 15) is 4.79 Å². The molecule has 0 saturated carbocycles. The van der Waals surface area contributed by atoms with Crippen LogP contribution in [0.4, 0.5) is 0 Å². The van der Waals surface area contributed by atoms with Crippen LogP contribution in [0.1, 0.15) is 45.4 Å². The standard InChI is InChI=1S/C23H25N5O3S/c1-13-18-21(31-3)26-17(12-30-2)27-22(18)32-19(13)23(29)28-9-6-14(7-10-28)16-11-25-20-15(16)5-4-8-24-20/h4-5,8,11,14H,6-7,9-10,12H2,1-3H3,(H,24,25). The summed E-state index contributed by atoms with van der Waals surface area (Å²) in [5, 5.41) is 1.98. The van der Waals surface area contributed by atoms with E-state index in [1.807, 2.05) is 17.9 Å². The average Bonchev–Trinajstić information content (AvgIpc) is 3.40. The third-order valence-corrected chi connectivity index (χ3v) is 7.34. The van der Waals surface area contributed by atoms with Crippen molar-refractivity contribution in [1.82, 2.24) is 24.8 Å². The van der Waals surface area contributed by atoms with Gasteiger partial charge in [-0.1, -0.05) is 0 Å². The lowest BCUT2D eigenvalue weighted by Crippen LogP contribution is -2.37. The highest BCUT2D eigenvalue weighted by Crippen LogP contribution is 2.37. The lowest BCUT2D eigenvalue weighted by atomic mass is 9.89. The number of nitrogens with zero attached hydrogens (tertiary/aromatic N) is 4. The van der Waals surface area contributed by atoms with Crippen LogP contribution in [0.25, 0.3) is 21.3 Å². The van der Waals surface area contributed by atoms with Gasteiger partial charge < -0.3 is 19.4 Å². The molecule has 166 valence electrons. The average molecular weight is 452 g/mol. The quantitative estimate of drug-likeness (QED) is 0.492. The van der Waals surface area contributed by atoms with Gasteiger partial charge in [0.2, 0.25) is 5.88 Å². The first kappa shape index (κ1) is 20.8. The second-order valence-corrected chi connectivity index (χ2v) is 9.03. The summed E-state index contributed by atoms with van der Waals surface area (Å²) in [4.78, 5) is 33.5. The normalized spacial score (nSPS) is 15.0. The summed E-state index contributed by atoms with van der Waals surface area (Å²) in [6, 6.07) is 4.08. The highest BCUT2D eigenvalue weighted by molar-refractivity contribution is 7.20. The molecule has 0 spiro atoms. The number of hydrogen-bond donors (Lipinski definition) is 1. The number of amides is 1. The van der Waals surface area contributed by atoms with E-state index in [0.29, 0.717) is 29.1 Å². The number of aryl methyl sites for hydroxylation is 1. The minimum absolute atomic E-state index is 0.0555. The molecule has 1 fully saturated rings. The monoisotopic (exact) mass is 451 g/mol. The first-order chi connectivity index (χ1) is 15.6. The second-order valence-electron chi connectivity index (χ2n) is 8.03. The lowest BCUT2D eigenvalue weighted by Gasteiger charge is -2.32. The third-order valence-electron chi connectivity index (χ3n) is 6.17. The molecule has 8 nitrogen and oxygen atoms in total. The van der Waals surface area contributed by atoms with E-state index < -0.39 is 0 Å². The van der Waals surface area contributed by atoms with Crippen LogP contribution in [0.3, 0.4) is 0 Å². The Labute approximate surface area is 189 Å². The molecule has 5 heterocycles. The number of aromatic amines is 1. The van der Waals surface area contributed by atoms with Crippen LogP contribution in [-0.2, 0) is 11.3 Å².